The molecule has 0 aliphatic carbocycles. The minimum Gasteiger partial charge on any atom is -0.374 e. The van der Waals surface area contributed by atoms with Gasteiger partial charge in [0.15, 0.2) is 0 Å². The van der Waals surface area contributed by atoms with E-state index in [1.807, 2.05) is 71.6 Å². The van der Waals surface area contributed by atoms with E-state index in [0.29, 0.717) is 26.0 Å². The highest BCUT2D eigenvalue weighted by Gasteiger charge is 2.53. The fraction of sp³-hybridized carbons (Fsp3) is 0.375. The lowest BCUT2D eigenvalue weighted by atomic mass is 9.81. The molecule has 3 aromatic rings. The molecule has 0 radical (unpaired) electrons. The van der Waals surface area contributed by atoms with Crippen molar-refractivity contribution in [2.45, 2.75) is 50.4 Å². The molecule has 0 saturated carbocycles. The Hall–Kier alpha value is -3.48. The molecule has 0 aromatic heterocycles. The summed E-state index contributed by atoms with van der Waals surface area (Å²) in [6, 6.07) is 29.7. The number of likely N-dealkylation sites (tertiary alicyclic amines) is 1. The smallest absolute Gasteiger partial charge is 0.248 e. The van der Waals surface area contributed by atoms with Crippen molar-refractivity contribution in [1.29, 1.82) is 0 Å². The van der Waals surface area contributed by atoms with Crippen molar-refractivity contribution in [2.75, 3.05) is 26.2 Å². The van der Waals surface area contributed by atoms with Crippen molar-refractivity contribution in [1.82, 2.24) is 15.1 Å². The SMILES string of the molecule is O=C1C(COCc2ccccc2)NC(=O)C2(CCN(CCCc3ccccc3)CC2)N1Cc1ccccc1. The first-order chi connectivity index (χ1) is 18.6. The van der Waals surface area contributed by atoms with Crippen molar-refractivity contribution in [3.63, 3.8) is 0 Å². The first-order valence-electron chi connectivity index (χ1n) is 13.7. The summed E-state index contributed by atoms with van der Waals surface area (Å²) < 4.78 is 5.88. The summed E-state index contributed by atoms with van der Waals surface area (Å²) in [7, 11) is 0. The van der Waals surface area contributed by atoms with Gasteiger partial charge in [0.2, 0.25) is 11.8 Å². The summed E-state index contributed by atoms with van der Waals surface area (Å²) in [6.45, 7) is 3.59. The van der Waals surface area contributed by atoms with Gasteiger partial charge >= 0.3 is 0 Å². The zero-order chi connectivity index (χ0) is 26.2. The molecule has 1 atom stereocenters. The third kappa shape index (κ3) is 6.14. The number of amides is 2. The van der Waals surface area contributed by atoms with Crippen LogP contribution in [0.15, 0.2) is 91.0 Å². The monoisotopic (exact) mass is 511 g/mol. The van der Waals surface area contributed by atoms with Crippen LogP contribution in [-0.2, 0) is 33.9 Å². The van der Waals surface area contributed by atoms with Gasteiger partial charge in [-0.3, -0.25) is 9.59 Å². The number of nitrogens with one attached hydrogen (secondary N) is 1. The van der Waals surface area contributed by atoms with E-state index < -0.39 is 11.6 Å². The zero-order valence-corrected chi connectivity index (χ0v) is 21.9. The van der Waals surface area contributed by atoms with Gasteiger partial charge in [-0.2, -0.15) is 0 Å². The molecule has 1 N–H and O–H groups in total. The van der Waals surface area contributed by atoms with E-state index in [1.165, 1.54) is 5.56 Å². The molecule has 6 nitrogen and oxygen atoms in total. The van der Waals surface area contributed by atoms with Gasteiger partial charge < -0.3 is 19.9 Å². The van der Waals surface area contributed by atoms with Gasteiger partial charge in [0.05, 0.1) is 13.2 Å². The van der Waals surface area contributed by atoms with Crippen molar-refractivity contribution in [3.05, 3.63) is 108 Å². The molecule has 0 bridgehead atoms. The van der Waals surface area contributed by atoms with E-state index in [2.05, 4.69) is 34.5 Å². The molecular formula is C32H37N3O3. The molecule has 1 unspecified atom stereocenters. The summed E-state index contributed by atoms with van der Waals surface area (Å²) in [5.41, 5.74) is 2.61. The van der Waals surface area contributed by atoms with Gasteiger partial charge in [0.1, 0.15) is 11.6 Å². The van der Waals surface area contributed by atoms with Crippen LogP contribution in [0.4, 0.5) is 0 Å². The molecule has 5 rings (SSSR count). The van der Waals surface area contributed by atoms with Gasteiger partial charge in [-0.05, 0) is 48.9 Å². The lowest BCUT2D eigenvalue weighted by Crippen LogP contribution is -2.73. The largest absolute Gasteiger partial charge is 0.374 e. The fourth-order valence-electron chi connectivity index (χ4n) is 5.65. The predicted molar refractivity (Wildman–Crippen MR) is 148 cm³/mol. The Morgan fingerprint density at radius 1 is 0.789 bits per heavy atom. The van der Waals surface area contributed by atoms with E-state index in [1.54, 1.807) is 0 Å². The maximum absolute atomic E-state index is 13.8. The average molecular weight is 512 g/mol. The highest BCUT2D eigenvalue weighted by molar-refractivity contribution is 6.00. The number of ether oxygens (including phenoxy) is 1. The Balaban J connectivity index is 1.24. The number of benzene rings is 3. The molecule has 2 fully saturated rings. The molecule has 198 valence electrons. The molecule has 2 aliphatic rings. The predicted octanol–water partition coefficient (Wildman–Crippen LogP) is 4.20. The number of carbonyl (C=O) groups is 2. The van der Waals surface area contributed by atoms with Crippen molar-refractivity contribution < 1.29 is 14.3 Å². The lowest BCUT2D eigenvalue weighted by Gasteiger charge is -2.51. The number of hydrogen-bond acceptors (Lipinski definition) is 4. The van der Waals surface area contributed by atoms with Gasteiger partial charge in [0, 0.05) is 19.6 Å². The number of carbonyl (C=O) groups excluding carboxylic acids is 2. The van der Waals surface area contributed by atoms with Crippen LogP contribution in [0.5, 0.6) is 0 Å². The summed E-state index contributed by atoms with van der Waals surface area (Å²) in [5.74, 6) is -0.107. The van der Waals surface area contributed by atoms with Crippen molar-refractivity contribution in [3.8, 4) is 0 Å². The topological polar surface area (TPSA) is 61.9 Å². The van der Waals surface area contributed by atoms with Crippen LogP contribution in [0.1, 0.15) is 36.0 Å². The van der Waals surface area contributed by atoms with Gasteiger partial charge in [0.25, 0.3) is 0 Å². The molecular weight excluding hydrogens is 474 g/mol. The molecule has 38 heavy (non-hydrogen) atoms. The fourth-order valence-corrected chi connectivity index (χ4v) is 5.65. The number of piperidine rings is 1. The Morgan fingerprint density at radius 3 is 2.00 bits per heavy atom. The van der Waals surface area contributed by atoms with Gasteiger partial charge in [-0.1, -0.05) is 91.0 Å². The van der Waals surface area contributed by atoms with Gasteiger partial charge in [-0.15, -0.1) is 0 Å². The lowest BCUT2D eigenvalue weighted by molar-refractivity contribution is -0.164. The first kappa shape index (κ1) is 26.1. The van der Waals surface area contributed by atoms with Crippen LogP contribution in [0.3, 0.4) is 0 Å². The molecule has 3 aromatic carbocycles. The number of rotatable bonds is 10. The van der Waals surface area contributed by atoms with Crippen LogP contribution in [0.2, 0.25) is 0 Å². The number of aryl methyl sites for hydroxylation is 1. The van der Waals surface area contributed by atoms with Crippen molar-refractivity contribution >= 4 is 11.8 Å². The van der Waals surface area contributed by atoms with Crippen LogP contribution in [-0.4, -0.2) is 59.4 Å². The van der Waals surface area contributed by atoms with Crippen LogP contribution < -0.4 is 5.32 Å². The molecule has 6 heteroatoms. The minimum atomic E-state index is -0.821. The second-order valence-electron chi connectivity index (χ2n) is 10.4. The summed E-state index contributed by atoms with van der Waals surface area (Å²) in [4.78, 5) is 31.8. The van der Waals surface area contributed by atoms with Crippen LogP contribution in [0.25, 0.3) is 0 Å². The summed E-state index contributed by atoms with van der Waals surface area (Å²) in [5, 5.41) is 3.03. The van der Waals surface area contributed by atoms with E-state index in [-0.39, 0.29) is 18.4 Å². The molecule has 2 heterocycles. The normalized spacial score (nSPS) is 19.5. The number of nitrogens with zero attached hydrogens (tertiary/aromatic N) is 2. The zero-order valence-electron chi connectivity index (χ0n) is 21.9. The Morgan fingerprint density at radius 2 is 1.37 bits per heavy atom. The third-order valence-corrected chi connectivity index (χ3v) is 7.85. The second kappa shape index (κ2) is 12.4. The number of piperazine rings is 1. The first-order valence-corrected chi connectivity index (χ1v) is 13.7. The molecule has 2 amide bonds. The van der Waals surface area contributed by atoms with E-state index >= 15 is 0 Å². The quantitative estimate of drug-likeness (QED) is 0.443. The highest BCUT2D eigenvalue weighted by atomic mass is 16.5. The maximum atomic E-state index is 13.8. The number of hydrogen-bond donors (Lipinski definition) is 1. The Labute approximate surface area is 225 Å². The minimum absolute atomic E-state index is 0.0507. The second-order valence-corrected chi connectivity index (χ2v) is 10.4. The third-order valence-electron chi connectivity index (χ3n) is 7.85. The van der Waals surface area contributed by atoms with E-state index in [9.17, 15) is 9.59 Å². The highest BCUT2D eigenvalue weighted by Crippen LogP contribution is 2.34. The standard InChI is InChI=1S/C32H37N3O3/c36-30-29(25-38-24-28-15-8-3-9-16-28)33-31(37)32(35(30)23-27-13-6-2-7-14-27)18-21-34(22-19-32)20-10-17-26-11-4-1-5-12-26/h1-9,11-16,29H,10,17-25H2,(H,33,37). The van der Waals surface area contributed by atoms with Crippen LogP contribution >= 0.6 is 0 Å². The van der Waals surface area contributed by atoms with E-state index in [4.69, 9.17) is 4.74 Å². The Bertz CT molecular complexity index is 1180. The maximum Gasteiger partial charge on any atom is 0.248 e. The molecule has 2 aliphatic heterocycles. The Kier molecular flexibility index (Phi) is 8.51. The summed E-state index contributed by atoms with van der Waals surface area (Å²) >= 11 is 0. The summed E-state index contributed by atoms with van der Waals surface area (Å²) in [6.07, 6.45) is 3.41. The van der Waals surface area contributed by atoms with Gasteiger partial charge in [-0.25, -0.2) is 0 Å². The van der Waals surface area contributed by atoms with Crippen LogP contribution in [0, 0.1) is 0 Å². The average Bonchev–Trinajstić information content (AvgIpc) is 2.96. The van der Waals surface area contributed by atoms with Crippen molar-refractivity contribution in [2.24, 2.45) is 0 Å². The molecule has 1 spiro atoms. The van der Waals surface area contributed by atoms with E-state index in [0.717, 1.165) is 43.6 Å². The molecule has 2 saturated heterocycles.